The van der Waals surface area contributed by atoms with Gasteiger partial charge >= 0.3 is 5.97 Å². The van der Waals surface area contributed by atoms with Crippen LogP contribution in [-0.4, -0.2) is 42.8 Å². The highest BCUT2D eigenvalue weighted by Gasteiger charge is 2.22. The molecule has 1 aromatic carbocycles. The van der Waals surface area contributed by atoms with Crippen LogP contribution in [0.15, 0.2) is 42.7 Å². The molecule has 0 atom stereocenters. The van der Waals surface area contributed by atoms with Crippen LogP contribution in [0.1, 0.15) is 59.1 Å². The molecule has 0 saturated carbocycles. The summed E-state index contributed by atoms with van der Waals surface area (Å²) in [6, 6.07) is 9.40. The quantitative estimate of drug-likeness (QED) is 0.264. The first-order valence-corrected chi connectivity index (χ1v) is 11.2. The second-order valence-corrected chi connectivity index (χ2v) is 7.89. The first-order valence-electron chi connectivity index (χ1n) is 10.9. The van der Waals surface area contributed by atoms with Crippen LogP contribution in [-0.2, 0) is 17.7 Å². The SMILES string of the molecule is CCCCc1nc(Cl)c(C=O)n1Cc1ccc(-c2nc3ncccn3c2C(=O)OCC)cc1. The number of rotatable bonds is 9. The Kier molecular flexibility index (Phi) is 6.84. The molecule has 3 aromatic heterocycles. The molecule has 4 rings (SSSR count). The molecule has 3 heterocycles. The molecule has 8 nitrogen and oxygen atoms in total. The van der Waals surface area contributed by atoms with Gasteiger partial charge in [-0.15, -0.1) is 0 Å². The second kappa shape index (κ2) is 9.95. The fraction of sp³-hybridized carbons (Fsp3) is 0.292. The summed E-state index contributed by atoms with van der Waals surface area (Å²) in [6.45, 7) is 4.59. The molecule has 0 unspecified atom stereocenters. The zero-order valence-electron chi connectivity index (χ0n) is 18.5. The van der Waals surface area contributed by atoms with E-state index in [0.717, 1.165) is 42.5 Å². The number of aldehydes is 1. The Morgan fingerprint density at radius 1 is 1.18 bits per heavy atom. The number of fused-ring (bicyclic) bond motifs is 1. The van der Waals surface area contributed by atoms with Crippen LogP contribution < -0.4 is 0 Å². The topological polar surface area (TPSA) is 91.4 Å². The van der Waals surface area contributed by atoms with Crippen LogP contribution in [0.5, 0.6) is 0 Å². The molecular weight excluding hydrogens is 442 g/mol. The molecule has 0 aliphatic carbocycles. The van der Waals surface area contributed by atoms with E-state index in [4.69, 9.17) is 16.3 Å². The highest BCUT2D eigenvalue weighted by molar-refractivity contribution is 6.31. The van der Waals surface area contributed by atoms with Gasteiger partial charge in [-0.2, -0.15) is 0 Å². The smallest absolute Gasteiger partial charge is 0.357 e. The normalized spacial score (nSPS) is 11.1. The molecule has 0 N–H and O–H groups in total. The van der Waals surface area contributed by atoms with Crippen molar-refractivity contribution < 1.29 is 14.3 Å². The van der Waals surface area contributed by atoms with E-state index in [9.17, 15) is 9.59 Å². The number of carbonyl (C=O) groups is 2. The molecule has 0 saturated heterocycles. The molecule has 0 aliphatic heterocycles. The van der Waals surface area contributed by atoms with Crippen LogP contribution >= 0.6 is 11.6 Å². The van der Waals surface area contributed by atoms with Crippen LogP contribution in [0.25, 0.3) is 17.0 Å². The average molecular weight is 466 g/mol. The van der Waals surface area contributed by atoms with E-state index < -0.39 is 5.97 Å². The summed E-state index contributed by atoms with van der Waals surface area (Å²) in [5.41, 5.74) is 2.94. The minimum absolute atomic E-state index is 0.226. The zero-order chi connectivity index (χ0) is 23.4. The fourth-order valence-electron chi connectivity index (χ4n) is 3.73. The van der Waals surface area contributed by atoms with Crippen LogP contribution in [0.2, 0.25) is 5.15 Å². The van der Waals surface area contributed by atoms with E-state index in [-0.39, 0.29) is 11.8 Å². The van der Waals surface area contributed by atoms with Gasteiger partial charge in [0.1, 0.15) is 17.2 Å². The third-order valence-corrected chi connectivity index (χ3v) is 5.63. The Hall–Kier alpha value is -3.52. The van der Waals surface area contributed by atoms with Gasteiger partial charge in [-0.1, -0.05) is 49.2 Å². The Morgan fingerprint density at radius 3 is 2.67 bits per heavy atom. The van der Waals surface area contributed by atoms with Crippen molar-refractivity contribution in [3.05, 3.63) is 70.7 Å². The number of hydrogen-bond donors (Lipinski definition) is 0. The molecule has 170 valence electrons. The Morgan fingerprint density at radius 2 is 1.97 bits per heavy atom. The monoisotopic (exact) mass is 465 g/mol. The summed E-state index contributed by atoms with van der Waals surface area (Å²) in [4.78, 5) is 37.4. The van der Waals surface area contributed by atoms with Gasteiger partial charge in [-0.3, -0.25) is 9.20 Å². The molecule has 0 amide bonds. The van der Waals surface area contributed by atoms with Gasteiger partial charge in [0.2, 0.25) is 5.78 Å². The standard InChI is InChI=1S/C24H24ClN5O3/c1-3-5-7-19-27-22(25)18(15-31)30(19)14-16-8-10-17(11-9-16)20-21(23(32)33-4-2)29-13-6-12-26-24(29)28-20/h6,8-13,15H,3-5,7,14H2,1-2H3. The summed E-state index contributed by atoms with van der Waals surface area (Å²) >= 11 is 6.19. The minimum atomic E-state index is -0.457. The number of esters is 1. The molecule has 0 aliphatic rings. The van der Waals surface area contributed by atoms with Gasteiger partial charge in [0.15, 0.2) is 17.1 Å². The first kappa shape index (κ1) is 22.7. The highest BCUT2D eigenvalue weighted by Crippen LogP contribution is 2.26. The van der Waals surface area contributed by atoms with Gasteiger partial charge in [0.25, 0.3) is 0 Å². The van der Waals surface area contributed by atoms with Gasteiger partial charge in [0.05, 0.1) is 6.61 Å². The highest BCUT2D eigenvalue weighted by atomic mass is 35.5. The number of halogens is 1. The number of aryl methyl sites for hydroxylation is 1. The number of aromatic nitrogens is 5. The largest absolute Gasteiger partial charge is 0.461 e. The maximum absolute atomic E-state index is 12.7. The van der Waals surface area contributed by atoms with Crippen molar-refractivity contribution in [3.63, 3.8) is 0 Å². The molecule has 0 radical (unpaired) electrons. The molecule has 33 heavy (non-hydrogen) atoms. The summed E-state index contributed by atoms with van der Waals surface area (Å²) in [5.74, 6) is 0.759. The Bertz CT molecular complexity index is 1290. The second-order valence-electron chi connectivity index (χ2n) is 7.53. The van der Waals surface area contributed by atoms with Crippen molar-refractivity contribution >= 4 is 29.6 Å². The van der Waals surface area contributed by atoms with Crippen LogP contribution in [0.4, 0.5) is 0 Å². The lowest BCUT2D eigenvalue weighted by Crippen LogP contribution is -2.10. The number of benzene rings is 1. The summed E-state index contributed by atoms with van der Waals surface area (Å²) < 4.78 is 8.74. The van der Waals surface area contributed by atoms with Crippen LogP contribution in [0, 0.1) is 0 Å². The lowest BCUT2D eigenvalue weighted by atomic mass is 10.1. The number of imidazole rings is 2. The van der Waals surface area contributed by atoms with Gasteiger partial charge in [0, 0.05) is 30.9 Å². The summed E-state index contributed by atoms with van der Waals surface area (Å²) in [6.07, 6.45) is 6.84. The average Bonchev–Trinajstić information content (AvgIpc) is 3.35. The van der Waals surface area contributed by atoms with Gasteiger partial charge in [-0.05, 0) is 25.0 Å². The van der Waals surface area contributed by atoms with E-state index in [2.05, 4.69) is 21.9 Å². The predicted molar refractivity (Wildman–Crippen MR) is 125 cm³/mol. The number of ether oxygens (including phenoxy) is 1. The van der Waals surface area contributed by atoms with Crippen molar-refractivity contribution in [1.82, 2.24) is 23.9 Å². The number of nitrogens with zero attached hydrogens (tertiary/aromatic N) is 5. The molecule has 0 fully saturated rings. The maximum Gasteiger partial charge on any atom is 0.357 e. The Balaban J connectivity index is 1.68. The minimum Gasteiger partial charge on any atom is -0.461 e. The summed E-state index contributed by atoms with van der Waals surface area (Å²) in [5, 5.41) is 0.226. The van der Waals surface area contributed by atoms with Crippen molar-refractivity contribution in [1.29, 1.82) is 0 Å². The maximum atomic E-state index is 12.7. The molecule has 0 bridgehead atoms. The van der Waals surface area contributed by atoms with E-state index in [1.165, 1.54) is 0 Å². The Labute approximate surface area is 196 Å². The van der Waals surface area contributed by atoms with Crippen LogP contribution in [0.3, 0.4) is 0 Å². The molecule has 4 aromatic rings. The fourth-order valence-corrected chi connectivity index (χ4v) is 3.97. The van der Waals surface area contributed by atoms with Gasteiger partial charge < -0.3 is 9.30 Å². The van der Waals surface area contributed by atoms with Crippen molar-refractivity contribution in [2.45, 2.75) is 39.7 Å². The lowest BCUT2D eigenvalue weighted by molar-refractivity contribution is 0.0519. The summed E-state index contributed by atoms with van der Waals surface area (Å²) in [7, 11) is 0. The third-order valence-electron chi connectivity index (χ3n) is 5.35. The van der Waals surface area contributed by atoms with E-state index in [0.29, 0.717) is 29.4 Å². The van der Waals surface area contributed by atoms with Crippen molar-refractivity contribution in [2.75, 3.05) is 6.61 Å². The number of unbranched alkanes of at least 4 members (excludes halogenated alkanes) is 1. The number of hydrogen-bond acceptors (Lipinski definition) is 6. The molecule has 0 spiro atoms. The van der Waals surface area contributed by atoms with E-state index in [1.54, 1.807) is 29.8 Å². The molecular formula is C24H24ClN5O3. The van der Waals surface area contributed by atoms with E-state index >= 15 is 0 Å². The molecule has 9 heteroatoms. The van der Waals surface area contributed by atoms with Crippen molar-refractivity contribution in [2.24, 2.45) is 0 Å². The van der Waals surface area contributed by atoms with E-state index in [1.807, 2.05) is 28.8 Å². The third kappa shape index (κ3) is 4.52. The van der Waals surface area contributed by atoms with Crippen molar-refractivity contribution in [3.8, 4) is 11.3 Å². The predicted octanol–water partition coefficient (Wildman–Crippen LogP) is 4.63. The zero-order valence-corrected chi connectivity index (χ0v) is 19.2. The van der Waals surface area contributed by atoms with Gasteiger partial charge in [-0.25, -0.2) is 19.7 Å². The lowest BCUT2D eigenvalue weighted by Gasteiger charge is -2.10. The number of carbonyl (C=O) groups excluding carboxylic acids is 2. The first-order chi connectivity index (χ1) is 16.1.